The molecule has 1 aromatic heterocycles. The van der Waals surface area contributed by atoms with E-state index in [1.165, 1.54) is 29.0 Å². The Labute approximate surface area is 148 Å². The van der Waals surface area contributed by atoms with Gasteiger partial charge in [-0.25, -0.2) is 9.37 Å². The molecule has 0 fully saturated rings. The average Bonchev–Trinajstić information content (AvgIpc) is 2.99. The smallest absolute Gasteiger partial charge is 0.203 e. The molecule has 3 rings (SSSR count). The standard InChI is InChI=1S/C17H14FN3S.BrH/c1-12-2-6-14(7-3-12)16-11-22-17(20-16)21-19-10-13-4-8-15(18)9-5-13;/h2-11H,1H3,(H,20,21);1H/p-1/b19-10+;. The number of rotatable bonds is 4. The third kappa shape index (κ3) is 4.71. The summed E-state index contributed by atoms with van der Waals surface area (Å²) in [5, 5.41) is 6.82. The normalized spacial score (nSPS) is 10.5. The Hall–Kier alpha value is -2.05. The van der Waals surface area contributed by atoms with Crippen molar-refractivity contribution in [1.29, 1.82) is 0 Å². The fraction of sp³-hybridized carbons (Fsp3) is 0.0588. The first-order chi connectivity index (χ1) is 10.7. The Morgan fingerprint density at radius 3 is 2.48 bits per heavy atom. The summed E-state index contributed by atoms with van der Waals surface area (Å²) in [6, 6.07) is 14.4. The molecule has 3 aromatic rings. The third-order valence-corrected chi connectivity index (χ3v) is 3.84. The Morgan fingerprint density at radius 1 is 1.09 bits per heavy atom. The molecule has 0 aliphatic heterocycles. The molecular formula is C17H14BrFN3S-. The van der Waals surface area contributed by atoms with Crippen LogP contribution >= 0.6 is 11.3 Å². The van der Waals surface area contributed by atoms with E-state index in [0.29, 0.717) is 5.13 Å². The minimum atomic E-state index is -0.257. The predicted molar refractivity (Wildman–Crippen MR) is 89.9 cm³/mol. The summed E-state index contributed by atoms with van der Waals surface area (Å²) >= 11 is 1.49. The summed E-state index contributed by atoms with van der Waals surface area (Å²) in [7, 11) is 0. The molecule has 6 heteroatoms. The van der Waals surface area contributed by atoms with Crippen LogP contribution < -0.4 is 22.4 Å². The molecule has 1 heterocycles. The van der Waals surface area contributed by atoms with E-state index in [1.54, 1.807) is 18.3 Å². The largest absolute Gasteiger partial charge is 1.00 e. The van der Waals surface area contributed by atoms with Gasteiger partial charge in [0.1, 0.15) is 5.82 Å². The van der Waals surface area contributed by atoms with Crippen molar-refractivity contribution in [3.05, 3.63) is 70.9 Å². The number of thiazole rings is 1. The van der Waals surface area contributed by atoms with Gasteiger partial charge in [-0.2, -0.15) is 5.10 Å². The summed E-state index contributed by atoms with van der Waals surface area (Å²) in [6.45, 7) is 2.06. The first-order valence-electron chi connectivity index (χ1n) is 6.78. The highest BCUT2D eigenvalue weighted by Gasteiger charge is 2.03. The van der Waals surface area contributed by atoms with Crippen LogP contribution in [-0.4, -0.2) is 11.2 Å². The summed E-state index contributed by atoms with van der Waals surface area (Å²) in [6.07, 6.45) is 1.63. The molecule has 0 aliphatic carbocycles. The van der Waals surface area contributed by atoms with Crippen LogP contribution in [0.15, 0.2) is 59.0 Å². The van der Waals surface area contributed by atoms with Gasteiger partial charge in [0.05, 0.1) is 11.9 Å². The van der Waals surface area contributed by atoms with Gasteiger partial charge in [0.25, 0.3) is 0 Å². The fourth-order valence-corrected chi connectivity index (χ4v) is 2.56. The quantitative estimate of drug-likeness (QED) is 0.543. The monoisotopic (exact) mass is 390 g/mol. The average molecular weight is 391 g/mol. The van der Waals surface area contributed by atoms with Crippen LogP contribution in [0.3, 0.4) is 0 Å². The van der Waals surface area contributed by atoms with Crippen molar-refractivity contribution < 1.29 is 21.4 Å². The molecule has 3 nitrogen and oxygen atoms in total. The van der Waals surface area contributed by atoms with E-state index >= 15 is 0 Å². The number of anilines is 1. The van der Waals surface area contributed by atoms with Crippen molar-refractivity contribution >= 4 is 22.7 Å². The topological polar surface area (TPSA) is 37.3 Å². The molecule has 0 unspecified atom stereocenters. The number of hydrogen-bond acceptors (Lipinski definition) is 4. The second-order valence-electron chi connectivity index (χ2n) is 4.83. The van der Waals surface area contributed by atoms with Crippen LogP contribution in [0.5, 0.6) is 0 Å². The molecule has 0 saturated carbocycles. The van der Waals surface area contributed by atoms with Crippen LogP contribution in [0.1, 0.15) is 11.1 Å². The highest BCUT2D eigenvalue weighted by molar-refractivity contribution is 7.14. The van der Waals surface area contributed by atoms with Crippen LogP contribution in [0, 0.1) is 12.7 Å². The lowest BCUT2D eigenvalue weighted by Crippen LogP contribution is -3.00. The second kappa shape index (κ2) is 7.99. The Morgan fingerprint density at radius 2 is 1.78 bits per heavy atom. The maximum Gasteiger partial charge on any atom is 0.203 e. The number of hydrazone groups is 1. The lowest BCUT2D eigenvalue weighted by molar-refractivity contribution is -0.00000500. The predicted octanol–water partition coefficient (Wildman–Crippen LogP) is 1.71. The Bertz CT molecular complexity index is 782. The van der Waals surface area contributed by atoms with E-state index in [2.05, 4.69) is 46.7 Å². The maximum absolute atomic E-state index is 12.8. The number of halogens is 2. The third-order valence-electron chi connectivity index (χ3n) is 3.10. The van der Waals surface area contributed by atoms with E-state index in [-0.39, 0.29) is 22.8 Å². The number of hydrogen-bond donors (Lipinski definition) is 1. The number of nitrogens with one attached hydrogen (secondary N) is 1. The van der Waals surface area contributed by atoms with Gasteiger partial charge in [0.2, 0.25) is 5.13 Å². The van der Waals surface area contributed by atoms with Crippen molar-refractivity contribution in [2.75, 3.05) is 5.43 Å². The molecule has 0 amide bonds. The molecule has 0 radical (unpaired) electrons. The van der Waals surface area contributed by atoms with Crippen molar-refractivity contribution in [2.24, 2.45) is 5.10 Å². The first-order valence-corrected chi connectivity index (χ1v) is 7.66. The summed E-state index contributed by atoms with van der Waals surface area (Å²) in [5.74, 6) is -0.257. The molecule has 1 N–H and O–H groups in total. The SMILES string of the molecule is Cc1ccc(-c2csc(N/N=C/c3ccc(F)cc3)n2)cc1.[Br-]. The van der Waals surface area contributed by atoms with Gasteiger partial charge in [-0.05, 0) is 24.6 Å². The zero-order chi connectivity index (χ0) is 15.4. The van der Waals surface area contributed by atoms with E-state index in [4.69, 9.17) is 0 Å². The fourth-order valence-electron chi connectivity index (χ4n) is 1.89. The van der Waals surface area contributed by atoms with Gasteiger partial charge < -0.3 is 17.0 Å². The molecule has 0 saturated heterocycles. The molecule has 0 aliphatic rings. The van der Waals surface area contributed by atoms with Gasteiger partial charge in [0.15, 0.2) is 0 Å². The molecule has 23 heavy (non-hydrogen) atoms. The zero-order valence-corrected chi connectivity index (χ0v) is 14.7. The number of benzene rings is 2. The van der Waals surface area contributed by atoms with Crippen molar-refractivity contribution in [2.45, 2.75) is 6.92 Å². The lowest BCUT2D eigenvalue weighted by Gasteiger charge is -1.97. The van der Waals surface area contributed by atoms with Gasteiger partial charge in [-0.3, -0.25) is 5.43 Å². The summed E-state index contributed by atoms with van der Waals surface area (Å²) < 4.78 is 12.8. The summed E-state index contributed by atoms with van der Waals surface area (Å²) in [5.41, 5.74) is 6.94. The molecule has 0 atom stereocenters. The van der Waals surface area contributed by atoms with E-state index in [1.807, 2.05) is 5.38 Å². The highest BCUT2D eigenvalue weighted by Crippen LogP contribution is 2.25. The van der Waals surface area contributed by atoms with Gasteiger partial charge in [-0.1, -0.05) is 42.0 Å². The summed E-state index contributed by atoms with van der Waals surface area (Å²) in [4.78, 5) is 4.49. The minimum Gasteiger partial charge on any atom is -1.00 e. The van der Waals surface area contributed by atoms with Crippen molar-refractivity contribution in [3.63, 3.8) is 0 Å². The Balaban J connectivity index is 0.00000192. The van der Waals surface area contributed by atoms with Crippen LogP contribution in [0.2, 0.25) is 0 Å². The highest BCUT2D eigenvalue weighted by atomic mass is 79.9. The second-order valence-corrected chi connectivity index (χ2v) is 5.68. The number of aryl methyl sites for hydroxylation is 1. The van der Waals surface area contributed by atoms with E-state index in [9.17, 15) is 4.39 Å². The molecule has 0 bridgehead atoms. The van der Waals surface area contributed by atoms with Gasteiger partial charge in [-0.15, -0.1) is 11.3 Å². The molecule has 118 valence electrons. The van der Waals surface area contributed by atoms with Crippen molar-refractivity contribution in [3.8, 4) is 11.3 Å². The molecule has 0 spiro atoms. The number of nitrogens with zero attached hydrogens (tertiary/aromatic N) is 2. The molecule has 2 aromatic carbocycles. The molecular weight excluding hydrogens is 377 g/mol. The van der Waals surface area contributed by atoms with Crippen LogP contribution in [-0.2, 0) is 0 Å². The van der Waals surface area contributed by atoms with Gasteiger partial charge in [0, 0.05) is 10.9 Å². The van der Waals surface area contributed by atoms with Crippen LogP contribution in [0.4, 0.5) is 9.52 Å². The first kappa shape index (κ1) is 17.3. The van der Waals surface area contributed by atoms with Crippen LogP contribution in [0.25, 0.3) is 11.3 Å². The van der Waals surface area contributed by atoms with Crippen molar-refractivity contribution in [1.82, 2.24) is 4.98 Å². The lowest BCUT2D eigenvalue weighted by atomic mass is 10.1. The van der Waals surface area contributed by atoms with E-state index < -0.39 is 0 Å². The number of aromatic nitrogens is 1. The van der Waals surface area contributed by atoms with E-state index in [0.717, 1.165) is 16.8 Å². The Kier molecular flexibility index (Phi) is 6.01. The maximum atomic E-state index is 12.8. The minimum absolute atomic E-state index is 0. The zero-order valence-electron chi connectivity index (χ0n) is 12.3. The van der Waals surface area contributed by atoms with Gasteiger partial charge >= 0.3 is 0 Å².